The van der Waals surface area contributed by atoms with Crippen molar-refractivity contribution < 1.29 is 18.3 Å². The normalized spacial score (nSPS) is 13.4. The zero-order valence-corrected chi connectivity index (χ0v) is 10.8. The van der Waals surface area contributed by atoms with E-state index in [1.165, 1.54) is 12.3 Å². The largest absolute Gasteiger partial charge is 0.417 e. The number of alkyl halides is 3. The number of nitrogens with zero attached hydrogens (tertiary/aromatic N) is 3. The highest BCUT2D eigenvalue weighted by Crippen LogP contribution is 2.28. The van der Waals surface area contributed by atoms with Gasteiger partial charge >= 0.3 is 6.18 Å². The van der Waals surface area contributed by atoms with Crippen molar-refractivity contribution >= 4 is 0 Å². The predicted molar refractivity (Wildman–Crippen MR) is 65.8 cm³/mol. The van der Waals surface area contributed by atoms with Gasteiger partial charge in [-0.3, -0.25) is 4.98 Å². The molecule has 0 spiro atoms. The highest BCUT2D eigenvalue weighted by molar-refractivity contribution is 5.17. The van der Waals surface area contributed by atoms with Gasteiger partial charge < -0.3 is 9.67 Å². The average Bonchev–Trinajstić information content (AvgIpc) is 2.85. The summed E-state index contributed by atoms with van der Waals surface area (Å²) in [7, 11) is 0. The molecule has 0 saturated carbocycles. The van der Waals surface area contributed by atoms with Crippen molar-refractivity contribution in [2.24, 2.45) is 0 Å². The van der Waals surface area contributed by atoms with Gasteiger partial charge in [0.15, 0.2) is 0 Å². The summed E-state index contributed by atoms with van der Waals surface area (Å²) in [5.41, 5.74) is -0.304. The van der Waals surface area contributed by atoms with Crippen LogP contribution in [0.3, 0.4) is 0 Å². The van der Waals surface area contributed by atoms with Gasteiger partial charge in [-0.25, -0.2) is 4.98 Å². The summed E-state index contributed by atoms with van der Waals surface area (Å²) in [4.78, 5) is 7.84. The van der Waals surface area contributed by atoms with Crippen LogP contribution in [0.25, 0.3) is 0 Å². The van der Waals surface area contributed by atoms with E-state index in [1.54, 1.807) is 10.8 Å². The van der Waals surface area contributed by atoms with Gasteiger partial charge in [-0.1, -0.05) is 6.92 Å². The number of halogens is 3. The summed E-state index contributed by atoms with van der Waals surface area (Å²) < 4.78 is 38.9. The third-order valence-corrected chi connectivity index (χ3v) is 2.92. The van der Waals surface area contributed by atoms with Gasteiger partial charge in [0, 0.05) is 18.6 Å². The van der Waals surface area contributed by atoms with Crippen LogP contribution in [0.15, 0.2) is 30.7 Å². The molecule has 2 aromatic rings. The van der Waals surface area contributed by atoms with Crippen molar-refractivity contribution in [2.45, 2.75) is 32.2 Å². The molecule has 7 heteroatoms. The van der Waals surface area contributed by atoms with E-state index in [4.69, 9.17) is 0 Å². The second-order valence-corrected chi connectivity index (χ2v) is 4.37. The molecule has 108 valence electrons. The SMILES string of the molecule is CCC(O)c1nccn1Cc1ccc(C(F)(F)F)cn1. The first-order valence-corrected chi connectivity index (χ1v) is 6.13. The summed E-state index contributed by atoms with van der Waals surface area (Å²) in [6.45, 7) is 2.09. The fourth-order valence-corrected chi connectivity index (χ4v) is 1.79. The number of aliphatic hydroxyl groups excluding tert-OH is 1. The third kappa shape index (κ3) is 3.16. The quantitative estimate of drug-likeness (QED) is 0.939. The van der Waals surface area contributed by atoms with Crippen LogP contribution < -0.4 is 0 Å². The summed E-state index contributed by atoms with van der Waals surface area (Å²) in [6.07, 6.45) is -0.560. The molecular weight excluding hydrogens is 271 g/mol. The number of imidazole rings is 1. The number of hydrogen-bond acceptors (Lipinski definition) is 3. The molecule has 0 aliphatic carbocycles. The lowest BCUT2D eigenvalue weighted by Crippen LogP contribution is -2.11. The Balaban J connectivity index is 2.17. The minimum atomic E-state index is -4.38. The molecule has 2 heterocycles. The third-order valence-electron chi connectivity index (χ3n) is 2.92. The first-order valence-electron chi connectivity index (χ1n) is 6.13. The average molecular weight is 285 g/mol. The van der Waals surface area contributed by atoms with Crippen molar-refractivity contribution in [3.05, 3.63) is 47.8 Å². The number of hydrogen-bond donors (Lipinski definition) is 1. The Morgan fingerprint density at radius 1 is 1.30 bits per heavy atom. The van der Waals surface area contributed by atoms with Crippen LogP contribution in [-0.2, 0) is 12.7 Å². The molecule has 0 saturated heterocycles. The predicted octanol–water partition coefficient (Wildman–Crippen LogP) is 2.79. The van der Waals surface area contributed by atoms with Crippen LogP contribution in [0.1, 0.15) is 36.5 Å². The van der Waals surface area contributed by atoms with Crippen molar-refractivity contribution in [2.75, 3.05) is 0 Å². The number of rotatable bonds is 4. The van der Waals surface area contributed by atoms with Crippen LogP contribution in [0.5, 0.6) is 0 Å². The van der Waals surface area contributed by atoms with Crippen molar-refractivity contribution in [3.63, 3.8) is 0 Å². The minimum absolute atomic E-state index is 0.268. The molecule has 4 nitrogen and oxygen atoms in total. The molecule has 0 amide bonds. The second-order valence-electron chi connectivity index (χ2n) is 4.37. The summed E-state index contributed by atoms with van der Waals surface area (Å²) >= 11 is 0. The molecule has 0 radical (unpaired) electrons. The molecule has 1 N–H and O–H groups in total. The molecule has 0 aliphatic heterocycles. The fourth-order valence-electron chi connectivity index (χ4n) is 1.79. The summed E-state index contributed by atoms with van der Waals surface area (Å²) in [6, 6.07) is 2.32. The minimum Gasteiger partial charge on any atom is -0.385 e. The number of pyridine rings is 1. The topological polar surface area (TPSA) is 50.9 Å². The standard InChI is InChI=1S/C13H14F3N3O/c1-2-11(20)12-17-5-6-19(12)8-10-4-3-9(7-18-10)13(14,15)16/h3-7,11,20H,2,8H2,1H3. The Bertz CT molecular complexity index is 563. The lowest BCUT2D eigenvalue weighted by molar-refractivity contribution is -0.137. The van der Waals surface area contributed by atoms with E-state index in [2.05, 4.69) is 9.97 Å². The van der Waals surface area contributed by atoms with Gasteiger partial charge in [-0.05, 0) is 18.6 Å². The monoisotopic (exact) mass is 285 g/mol. The molecule has 1 atom stereocenters. The summed E-state index contributed by atoms with van der Waals surface area (Å²) in [5.74, 6) is 0.481. The highest BCUT2D eigenvalue weighted by atomic mass is 19.4. The van der Waals surface area contributed by atoms with Crippen molar-refractivity contribution in [3.8, 4) is 0 Å². The van der Waals surface area contributed by atoms with Gasteiger partial charge in [0.1, 0.15) is 11.9 Å². The van der Waals surface area contributed by atoms with E-state index in [0.29, 0.717) is 17.9 Å². The fraction of sp³-hybridized carbons (Fsp3) is 0.385. The first kappa shape index (κ1) is 14.5. The first-order chi connectivity index (χ1) is 9.41. The van der Waals surface area contributed by atoms with Crippen LogP contribution >= 0.6 is 0 Å². The maximum absolute atomic E-state index is 12.4. The maximum Gasteiger partial charge on any atom is 0.417 e. The Labute approximate surface area is 113 Å². The molecule has 0 fully saturated rings. The Hall–Kier alpha value is -1.89. The number of aromatic nitrogens is 3. The second kappa shape index (κ2) is 5.62. The van der Waals surface area contributed by atoms with E-state index in [-0.39, 0.29) is 6.54 Å². The lowest BCUT2D eigenvalue weighted by Gasteiger charge is -2.12. The van der Waals surface area contributed by atoms with Crippen LogP contribution in [0.4, 0.5) is 13.2 Å². The van der Waals surface area contributed by atoms with Crippen molar-refractivity contribution in [1.29, 1.82) is 0 Å². The van der Waals surface area contributed by atoms with Gasteiger partial charge in [0.2, 0.25) is 0 Å². The molecule has 20 heavy (non-hydrogen) atoms. The van der Waals surface area contributed by atoms with E-state index >= 15 is 0 Å². The number of aliphatic hydroxyl groups is 1. The van der Waals surface area contributed by atoms with Gasteiger partial charge in [0.25, 0.3) is 0 Å². The van der Waals surface area contributed by atoms with Crippen LogP contribution in [0, 0.1) is 0 Å². The molecule has 1 unspecified atom stereocenters. The smallest absolute Gasteiger partial charge is 0.385 e. The molecule has 0 bridgehead atoms. The molecule has 2 rings (SSSR count). The van der Waals surface area contributed by atoms with E-state index in [1.807, 2.05) is 6.92 Å². The maximum atomic E-state index is 12.4. The molecule has 0 aromatic carbocycles. The van der Waals surface area contributed by atoms with Crippen molar-refractivity contribution in [1.82, 2.24) is 14.5 Å². The highest BCUT2D eigenvalue weighted by Gasteiger charge is 2.30. The van der Waals surface area contributed by atoms with E-state index in [9.17, 15) is 18.3 Å². The van der Waals surface area contributed by atoms with Crippen LogP contribution in [0.2, 0.25) is 0 Å². The summed E-state index contributed by atoms with van der Waals surface area (Å²) in [5, 5.41) is 9.78. The molecule has 0 aliphatic rings. The Morgan fingerprint density at radius 3 is 2.60 bits per heavy atom. The van der Waals surface area contributed by atoms with E-state index in [0.717, 1.165) is 12.3 Å². The van der Waals surface area contributed by atoms with Gasteiger partial charge in [0.05, 0.1) is 17.8 Å². The van der Waals surface area contributed by atoms with Crippen LogP contribution in [-0.4, -0.2) is 19.6 Å². The van der Waals surface area contributed by atoms with Gasteiger partial charge in [-0.2, -0.15) is 13.2 Å². The molecule has 2 aromatic heterocycles. The zero-order valence-electron chi connectivity index (χ0n) is 10.8. The Kier molecular flexibility index (Phi) is 4.08. The van der Waals surface area contributed by atoms with Gasteiger partial charge in [-0.15, -0.1) is 0 Å². The zero-order chi connectivity index (χ0) is 14.8. The Morgan fingerprint density at radius 2 is 2.05 bits per heavy atom. The lowest BCUT2D eigenvalue weighted by atomic mass is 10.2. The molecular formula is C13H14F3N3O. The van der Waals surface area contributed by atoms with E-state index < -0.39 is 17.8 Å².